The van der Waals surface area contributed by atoms with Gasteiger partial charge in [-0.15, -0.1) is 0 Å². The zero-order valence-electron chi connectivity index (χ0n) is 14.3. The average Bonchev–Trinajstić information content (AvgIpc) is 3.10. The van der Waals surface area contributed by atoms with Gasteiger partial charge in [-0.3, -0.25) is 10.6 Å². The SMILES string of the molecule is COc1ccc(NC(=O)Oc2ccc3c(c2)[C@]2(C)CCNC2N3)cc1. The van der Waals surface area contributed by atoms with Crippen LogP contribution >= 0.6 is 0 Å². The van der Waals surface area contributed by atoms with Gasteiger partial charge in [0, 0.05) is 16.8 Å². The minimum Gasteiger partial charge on any atom is -0.497 e. The van der Waals surface area contributed by atoms with Crippen LogP contribution in [0.4, 0.5) is 16.2 Å². The van der Waals surface area contributed by atoms with Gasteiger partial charge < -0.3 is 14.8 Å². The molecule has 2 heterocycles. The lowest BCUT2D eigenvalue weighted by Crippen LogP contribution is -2.38. The van der Waals surface area contributed by atoms with Crippen LogP contribution in [0.3, 0.4) is 0 Å². The molecule has 2 atom stereocenters. The highest BCUT2D eigenvalue weighted by molar-refractivity contribution is 5.86. The minimum absolute atomic E-state index is 0.0289. The van der Waals surface area contributed by atoms with Crippen LogP contribution in [-0.2, 0) is 5.41 Å². The van der Waals surface area contributed by atoms with Crippen molar-refractivity contribution in [3.63, 3.8) is 0 Å². The molecule has 130 valence electrons. The normalized spacial score (nSPS) is 23.4. The van der Waals surface area contributed by atoms with Crippen LogP contribution in [0.25, 0.3) is 0 Å². The highest BCUT2D eigenvalue weighted by Crippen LogP contribution is 2.46. The van der Waals surface area contributed by atoms with Crippen molar-refractivity contribution < 1.29 is 14.3 Å². The number of carbonyl (C=O) groups is 1. The van der Waals surface area contributed by atoms with E-state index in [1.807, 2.05) is 18.2 Å². The van der Waals surface area contributed by atoms with Gasteiger partial charge in [0.1, 0.15) is 11.5 Å². The summed E-state index contributed by atoms with van der Waals surface area (Å²) in [6, 6.07) is 12.8. The smallest absolute Gasteiger partial charge is 0.417 e. The Morgan fingerprint density at radius 1 is 1.20 bits per heavy atom. The van der Waals surface area contributed by atoms with Crippen LogP contribution in [0.1, 0.15) is 18.9 Å². The van der Waals surface area contributed by atoms with E-state index < -0.39 is 6.09 Å². The molecule has 1 unspecified atom stereocenters. The Labute approximate surface area is 146 Å². The molecule has 1 amide bonds. The summed E-state index contributed by atoms with van der Waals surface area (Å²) in [5.41, 5.74) is 2.97. The third-order valence-electron chi connectivity index (χ3n) is 5.08. The Kier molecular flexibility index (Phi) is 3.77. The maximum atomic E-state index is 12.2. The number of carbonyl (C=O) groups excluding carboxylic acids is 1. The fourth-order valence-corrected chi connectivity index (χ4v) is 3.61. The molecule has 1 saturated heterocycles. The Morgan fingerprint density at radius 2 is 1.96 bits per heavy atom. The van der Waals surface area contributed by atoms with Gasteiger partial charge in [-0.2, -0.15) is 0 Å². The van der Waals surface area contributed by atoms with E-state index in [0.717, 1.165) is 24.4 Å². The Hall–Kier alpha value is -2.73. The van der Waals surface area contributed by atoms with Crippen LogP contribution < -0.4 is 25.4 Å². The fraction of sp³-hybridized carbons (Fsp3) is 0.316. The van der Waals surface area contributed by atoms with Crippen molar-refractivity contribution in [2.45, 2.75) is 24.9 Å². The summed E-state index contributed by atoms with van der Waals surface area (Å²) < 4.78 is 10.6. The van der Waals surface area contributed by atoms with Crippen molar-refractivity contribution in [1.29, 1.82) is 0 Å². The van der Waals surface area contributed by atoms with E-state index in [4.69, 9.17) is 9.47 Å². The summed E-state index contributed by atoms with van der Waals surface area (Å²) in [5.74, 6) is 1.28. The van der Waals surface area contributed by atoms with E-state index in [2.05, 4.69) is 22.9 Å². The average molecular weight is 339 g/mol. The third kappa shape index (κ3) is 2.78. The first kappa shape index (κ1) is 15.8. The first-order valence-electron chi connectivity index (χ1n) is 8.36. The lowest BCUT2D eigenvalue weighted by Gasteiger charge is -2.23. The zero-order valence-corrected chi connectivity index (χ0v) is 14.3. The standard InChI is InChI=1S/C19H21N3O3/c1-19-9-10-20-17(19)22-16-8-7-14(11-15(16)19)25-18(23)21-12-3-5-13(24-2)6-4-12/h3-8,11,17,20,22H,9-10H2,1-2H3,(H,21,23)/t17?,19-/m0/s1. The molecule has 0 radical (unpaired) electrons. The molecule has 1 fully saturated rings. The number of methoxy groups -OCH3 is 1. The predicted molar refractivity (Wildman–Crippen MR) is 96.5 cm³/mol. The lowest BCUT2D eigenvalue weighted by atomic mass is 9.81. The van der Waals surface area contributed by atoms with Crippen LogP contribution in [0, 0.1) is 0 Å². The molecule has 2 aliphatic heterocycles. The van der Waals surface area contributed by atoms with Gasteiger partial charge in [0.05, 0.1) is 13.3 Å². The molecule has 2 aliphatic rings. The van der Waals surface area contributed by atoms with Gasteiger partial charge in [-0.1, -0.05) is 6.92 Å². The summed E-state index contributed by atoms with van der Waals surface area (Å²) in [6.45, 7) is 3.22. The molecule has 3 N–H and O–H groups in total. The Balaban J connectivity index is 1.47. The number of benzene rings is 2. The molecule has 2 aromatic carbocycles. The van der Waals surface area contributed by atoms with E-state index in [-0.39, 0.29) is 11.6 Å². The van der Waals surface area contributed by atoms with Crippen molar-refractivity contribution in [2.75, 3.05) is 24.3 Å². The first-order valence-corrected chi connectivity index (χ1v) is 8.36. The molecule has 0 saturated carbocycles. The van der Waals surface area contributed by atoms with Gasteiger partial charge in [0.15, 0.2) is 0 Å². The Morgan fingerprint density at radius 3 is 2.72 bits per heavy atom. The third-order valence-corrected chi connectivity index (χ3v) is 5.08. The maximum Gasteiger partial charge on any atom is 0.417 e. The second-order valence-corrected chi connectivity index (χ2v) is 6.65. The summed E-state index contributed by atoms with van der Waals surface area (Å²) in [6.07, 6.45) is 0.785. The molecule has 6 heteroatoms. The van der Waals surface area contributed by atoms with E-state index in [9.17, 15) is 4.79 Å². The lowest BCUT2D eigenvalue weighted by molar-refractivity contribution is 0.215. The number of nitrogens with one attached hydrogen (secondary N) is 3. The second-order valence-electron chi connectivity index (χ2n) is 6.65. The highest BCUT2D eigenvalue weighted by Gasteiger charge is 2.46. The van der Waals surface area contributed by atoms with Crippen molar-refractivity contribution in [2.24, 2.45) is 0 Å². The zero-order chi connectivity index (χ0) is 17.4. The van der Waals surface area contributed by atoms with E-state index in [1.165, 1.54) is 5.56 Å². The van der Waals surface area contributed by atoms with E-state index >= 15 is 0 Å². The van der Waals surface area contributed by atoms with Gasteiger partial charge in [0.2, 0.25) is 0 Å². The van der Waals surface area contributed by atoms with Crippen LogP contribution in [0.2, 0.25) is 0 Å². The monoisotopic (exact) mass is 339 g/mol. The van der Waals surface area contributed by atoms with Crippen LogP contribution in [0.15, 0.2) is 42.5 Å². The molecule has 0 aromatic heterocycles. The summed E-state index contributed by atoms with van der Waals surface area (Å²) in [5, 5.41) is 9.68. The minimum atomic E-state index is -0.512. The number of anilines is 2. The summed E-state index contributed by atoms with van der Waals surface area (Å²) >= 11 is 0. The van der Waals surface area contributed by atoms with E-state index in [1.54, 1.807) is 31.4 Å². The quantitative estimate of drug-likeness (QED) is 0.800. The van der Waals surface area contributed by atoms with Crippen molar-refractivity contribution in [1.82, 2.24) is 5.32 Å². The second kappa shape index (κ2) is 5.97. The molecule has 0 spiro atoms. The number of amides is 1. The molecular weight excluding hydrogens is 318 g/mol. The topological polar surface area (TPSA) is 71.6 Å². The number of hydrogen-bond acceptors (Lipinski definition) is 5. The number of hydrogen-bond donors (Lipinski definition) is 3. The van der Waals surface area contributed by atoms with Gasteiger partial charge in [0.25, 0.3) is 0 Å². The molecule has 4 rings (SSSR count). The number of rotatable bonds is 3. The molecule has 25 heavy (non-hydrogen) atoms. The van der Waals surface area contributed by atoms with Gasteiger partial charge in [-0.25, -0.2) is 4.79 Å². The van der Waals surface area contributed by atoms with Crippen molar-refractivity contribution in [3.8, 4) is 11.5 Å². The van der Waals surface area contributed by atoms with Gasteiger partial charge >= 0.3 is 6.09 Å². The summed E-state index contributed by atoms with van der Waals surface area (Å²) in [4.78, 5) is 12.2. The number of ether oxygens (including phenoxy) is 2. The molecule has 0 bridgehead atoms. The Bertz CT molecular complexity index is 806. The fourth-order valence-electron chi connectivity index (χ4n) is 3.61. The van der Waals surface area contributed by atoms with Crippen LogP contribution in [-0.4, -0.2) is 25.9 Å². The highest BCUT2D eigenvalue weighted by atomic mass is 16.6. The molecular formula is C19H21N3O3. The number of fused-ring (bicyclic) bond motifs is 3. The maximum absolute atomic E-state index is 12.2. The molecule has 0 aliphatic carbocycles. The molecule has 6 nitrogen and oxygen atoms in total. The molecule has 2 aromatic rings. The first-order chi connectivity index (χ1) is 12.1. The predicted octanol–water partition coefficient (Wildman–Crippen LogP) is 3.31. The van der Waals surface area contributed by atoms with E-state index in [0.29, 0.717) is 11.4 Å². The van der Waals surface area contributed by atoms with Crippen molar-refractivity contribution >= 4 is 17.5 Å². The largest absolute Gasteiger partial charge is 0.497 e. The van der Waals surface area contributed by atoms with Crippen molar-refractivity contribution in [3.05, 3.63) is 48.0 Å². The van der Waals surface area contributed by atoms with Gasteiger partial charge in [-0.05, 0) is 61.0 Å². The van der Waals surface area contributed by atoms with Crippen LogP contribution in [0.5, 0.6) is 11.5 Å². The summed E-state index contributed by atoms with van der Waals surface area (Å²) in [7, 11) is 1.60.